The van der Waals surface area contributed by atoms with E-state index in [1.807, 2.05) is 54.6 Å². The number of rotatable bonds is 10. The monoisotopic (exact) mass is 458 g/mol. The number of carbonyl (C=O) groups is 2. The standard InChI is InChI=1S/C25H30O8/c1-17(26)29-16-22-13-23(30-14-19-7-5-4-6-8-19)24(25(33-22)32-18(2)27)31-15-20-9-11-21(28-3)12-10-20/h4-12,22-25H,13-16H2,1-3H3/t22?,23-,24?,25+/m1/s1. The molecule has 0 saturated carbocycles. The predicted octanol–water partition coefficient (Wildman–Crippen LogP) is 3.41. The molecule has 0 spiro atoms. The van der Waals surface area contributed by atoms with Crippen LogP contribution in [0.15, 0.2) is 54.6 Å². The summed E-state index contributed by atoms with van der Waals surface area (Å²) >= 11 is 0. The van der Waals surface area contributed by atoms with E-state index in [9.17, 15) is 9.59 Å². The van der Waals surface area contributed by atoms with Crippen LogP contribution in [0.4, 0.5) is 0 Å². The van der Waals surface area contributed by atoms with Gasteiger partial charge in [-0.1, -0.05) is 42.5 Å². The van der Waals surface area contributed by atoms with Gasteiger partial charge in [-0.05, 0) is 23.3 Å². The topological polar surface area (TPSA) is 89.5 Å². The quantitative estimate of drug-likeness (QED) is 0.501. The molecule has 1 heterocycles. The molecule has 4 atom stereocenters. The molecule has 178 valence electrons. The number of esters is 2. The van der Waals surface area contributed by atoms with Crippen LogP contribution in [-0.2, 0) is 46.5 Å². The highest BCUT2D eigenvalue weighted by Gasteiger charge is 2.42. The molecule has 33 heavy (non-hydrogen) atoms. The lowest BCUT2D eigenvalue weighted by molar-refractivity contribution is -0.282. The summed E-state index contributed by atoms with van der Waals surface area (Å²) in [5.41, 5.74) is 1.92. The maximum absolute atomic E-state index is 11.8. The molecule has 0 bridgehead atoms. The van der Waals surface area contributed by atoms with Crippen LogP contribution in [-0.4, -0.2) is 50.3 Å². The fraction of sp³-hybridized carbons (Fsp3) is 0.440. The summed E-state index contributed by atoms with van der Waals surface area (Å²) in [6.07, 6.45) is -2.23. The van der Waals surface area contributed by atoms with E-state index in [4.69, 9.17) is 28.4 Å². The third-order valence-corrected chi connectivity index (χ3v) is 5.12. The molecule has 2 unspecified atom stereocenters. The number of methoxy groups -OCH3 is 1. The molecular weight excluding hydrogens is 428 g/mol. The molecule has 0 aliphatic carbocycles. The van der Waals surface area contributed by atoms with E-state index in [1.165, 1.54) is 13.8 Å². The lowest BCUT2D eigenvalue weighted by atomic mass is 10.0. The Morgan fingerprint density at radius 2 is 1.58 bits per heavy atom. The first-order valence-corrected chi connectivity index (χ1v) is 10.8. The zero-order valence-electron chi connectivity index (χ0n) is 19.1. The molecule has 0 amide bonds. The van der Waals surface area contributed by atoms with Crippen LogP contribution in [0.2, 0.25) is 0 Å². The van der Waals surface area contributed by atoms with Gasteiger partial charge in [0.25, 0.3) is 0 Å². The van der Waals surface area contributed by atoms with Gasteiger partial charge in [0.2, 0.25) is 6.29 Å². The van der Waals surface area contributed by atoms with E-state index in [-0.39, 0.29) is 13.2 Å². The molecule has 3 rings (SSSR count). The second-order valence-corrected chi connectivity index (χ2v) is 7.73. The third-order valence-electron chi connectivity index (χ3n) is 5.12. The minimum atomic E-state index is -1.00. The lowest BCUT2D eigenvalue weighted by Gasteiger charge is -2.40. The van der Waals surface area contributed by atoms with Gasteiger partial charge in [-0.3, -0.25) is 9.59 Å². The van der Waals surface area contributed by atoms with Crippen molar-refractivity contribution in [2.45, 2.75) is 58.1 Å². The molecular formula is C25H30O8. The van der Waals surface area contributed by atoms with Gasteiger partial charge < -0.3 is 28.4 Å². The average molecular weight is 459 g/mol. The SMILES string of the molecule is COc1ccc(COC2[C@@H](OC(C)=O)OC(COC(C)=O)C[C@H]2OCc2ccccc2)cc1. The molecule has 2 aromatic rings. The maximum Gasteiger partial charge on any atom is 0.305 e. The van der Waals surface area contributed by atoms with E-state index in [1.54, 1.807) is 7.11 Å². The number of ether oxygens (including phenoxy) is 6. The van der Waals surface area contributed by atoms with E-state index < -0.39 is 36.5 Å². The van der Waals surface area contributed by atoms with Crippen molar-refractivity contribution in [1.29, 1.82) is 0 Å². The zero-order valence-corrected chi connectivity index (χ0v) is 19.1. The molecule has 0 radical (unpaired) electrons. The first-order valence-electron chi connectivity index (χ1n) is 10.8. The second-order valence-electron chi connectivity index (χ2n) is 7.73. The van der Waals surface area contributed by atoms with Gasteiger partial charge in [-0.15, -0.1) is 0 Å². The minimum absolute atomic E-state index is 0.0312. The van der Waals surface area contributed by atoms with Gasteiger partial charge >= 0.3 is 11.9 Å². The summed E-state index contributed by atoms with van der Waals surface area (Å²) < 4.78 is 34.0. The Hall–Kier alpha value is -2.94. The number of benzene rings is 2. The molecule has 0 N–H and O–H groups in total. The number of hydrogen-bond donors (Lipinski definition) is 0. The molecule has 1 aliphatic heterocycles. The molecule has 0 aromatic heterocycles. The normalized spacial score (nSPS) is 22.4. The highest BCUT2D eigenvalue weighted by molar-refractivity contribution is 5.66. The van der Waals surface area contributed by atoms with E-state index in [0.29, 0.717) is 13.0 Å². The van der Waals surface area contributed by atoms with Gasteiger partial charge in [0.15, 0.2) is 0 Å². The fourth-order valence-corrected chi connectivity index (χ4v) is 3.51. The van der Waals surface area contributed by atoms with Crippen LogP contribution in [0.3, 0.4) is 0 Å². The summed E-state index contributed by atoms with van der Waals surface area (Å²) in [6.45, 7) is 3.27. The van der Waals surface area contributed by atoms with Crippen molar-refractivity contribution in [3.63, 3.8) is 0 Å². The van der Waals surface area contributed by atoms with Crippen LogP contribution >= 0.6 is 0 Å². The zero-order chi connectivity index (χ0) is 23.6. The van der Waals surface area contributed by atoms with Crippen molar-refractivity contribution in [2.24, 2.45) is 0 Å². The molecule has 8 heteroatoms. The van der Waals surface area contributed by atoms with Gasteiger partial charge in [0.1, 0.15) is 18.5 Å². The molecule has 1 saturated heterocycles. The van der Waals surface area contributed by atoms with Crippen molar-refractivity contribution in [3.8, 4) is 5.75 Å². The summed E-state index contributed by atoms with van der Waals surface area (Å²) in [6, 6.07) is 17.2. The van der Waals surface area contributed by atoms with Crippen molar-refractivity contribution >= 4 is 11.9 Å². The summed E-state index contributed by atoms with van der Waals surface area (Å²) in [5, 5.41) is 0. The van der Waals surface area contributed by atoms with E-state index in [2.05, 4.69) is 0 Å². The molecule has 2 aromatic carbocycles. The lowest BCUT2D eigenvalue weighted by Crippen LogP contribution is -2.53. The smallest absolute Gasteiger partial charge is 0.305 e. The summed E-state index contributed by atoms with van der Waals surface area (Å²) in [4.78, 5) is 23.0. The molecule has 8 nitrogen and oxygen atoms in total. The minimum Gasteiger partial charge on any atom is -0.497 e. The second kappa shape index (κ2) is 12.3. The Balaban J connectivity index is 1.75. The van der Waals surface area contributed by atoms with Crippen molar-refractivity contribution in [1.82, 2.24) is 0 Å². The molecule has 1 fully saturated rings. The highest BCUT2D eigenvalue weighted by Crippen LogP contribution is 2.28. The van der Waals surface area contributed by atoms with E-state index >= 15 is 0 Å². The Morgan fingerprint density at radius 1 is 0.909 bits per heavy atom. The van der Waals surface area contributed by atoms with Gasteiger partial charge in [0, 0.05) is 20.3 Å². The van der Waals surface area contributed by atoms with Gasteiger partial charge in [0.05, 0.1) is 32.5 Å². The average Bonchev–Trinajstić information content (AvgIpc) is 2.81. The Bertz CT molecular complexity index is 883. The van der Waals surface area contributed by atoms with Crippen LogP contribution < -0.4 is 4.74 Å². The van der Waals surface area contributed by atoms with Crippen LogP contribution in [0.1, 0.15) is 31.4 Å². The maximum atomic E-state index is 11.8. The Morgan fingerprint density at radius 3 is 2.21 bits per heavy atom. The summed E-state index contributed by atoms with van der Waals surface area (Å²) in [5.74, 6) is -0.176. The fourth-order valence-electron chi connectivity index (χ4n) is 3.51. The van der Waals surface area contributed by atoms with Gasteiger partial charge in [-0.25, -0.2) is 0 Å². The summed E-state index contributed by atoms with van der Waals surface area (Å²) in [7, 11) is 1.61. The van der Waals surface area contributed by atoms with Crippen LogP contribution in [0.25, 0.3) is 0 Å². The van der Waals surface area contributed by atoms with Crippen molar-refractivity contribution < 1.29 is 38.0 Å². The van der Waals surface area contributed by atoms with Crippen molar-refractivity contribution in [2.75, 3.05) is 13.7 Å². The largest absolute Gasteiger partial charge is 0.497 e. The van der Waals surface area contributed by atoms with E-state index in [0.717, 1.165) is 16.9 Å². The highest BCUT2D eigenvalue weighted by atomic mass is 16.7. The number of hydrogen-bond acceptors (Lipinski definition) is 8. The predicted molar refractivity (Wildman–Crippen MR) is 118 cm³/mol. The third kappa shape index (κ3) is 7.85. The van der Waals surface area contributed by atoms with Crippen LogP contribution in [0, 0.1) is 0 Å². The van der Waals surface area contributed by atoms with Crippen LogP contribution in [0.5, 0.6) is 5.75 Å². The first-order chi connectivity index (χ1) is 15.9. The Labute approximate surface area is 193 Å². The Kier molecular flexibility index (Phi) is 9.24. The first kappa shape index (κ1) is 24.7. The van der Waals surface area contributed by atoms with Gasteiger partial charge in [-0.2, -0.15) is 0 Å². The van der Waals surface area contributed by atoms with Crippen molar-refractivity contribution in [3.05, 3.63) is 65.7 Å². The number of carbonyl (C=O) groups excluding carboxylic acids is 2. The molecule has 1 aliphatic rings.